The molecule has 1 amide bonds. The minimum atomic E-state index is -1.04. The lowest BCUT2D eigenvalue weighted by Crippen LogP contribution is -2.37. The minimum Gasteiger partial charge on any atom is -0.506 e. The summed E-state index contributed by atoms with van der Waals surface area (Å²) in [5.41, 5.74) is 1.75. The molecule has 0 unspecified atom stereocenters. The number of methoxy groups -OCH3 is 2. The minimum absolute atomic E-state index is 0.00342. The second kappa shape index (κ2) is 8.34. The first kappa shape index (κ1) is 23.0. The van der Waals surface area contributed by atoms with Crippen molar-refractivity contribution >= 4 is 33.4 Å². The second-order valence-electron chi connectivity index (χ2n) is 8.63. The first-order valence-corrected chi connectivity index (χ1v) is 11.5. The van der Waals surface area contributed by atoms with Crippen LogP contribution in [0.5, 0.6) is 17.2 Å². The predicted molar refractivity (Wildman–Crippen MR) is 140 cm³/mol. The van der Waals surface area contributed by atoms with Gasteiger partial charge in [0.2, 0.25) is 0 Å². The summed E-state index contributed by atoms with van der Waals surface area (Å²) < 4.78 is 11.7. The van der Waals surface area contributed by atoms with E-state index < -0.39 is 28.3 Å². The van der Waals surface area contributed by atoms with Crippen LogP contribution in [0.4, 0.5) is 0 Å². The molecular formula is C28H19N3O7. The number of aromatic nitrogens is 2. The van der Waals surface area contributed by atoms with Gasteiger partial charge >= 0.3 is 0 Å². The maximum absolute atomic E-state index is 14.0. The van der Waals surface area contributed by atoms with E-state index in [9.17, 15) is 24.3 Å². The SMILES string of the molecule is COc1ccc2c3c(n(NC(=O)c4c(O)c5ccccc5[nH]c4=O)c(=O)c2c1OC)-c1ccccc1C3=O. The van der Waals surface area contributed by atoms with Crippen molar-refractivity contribution in [3.8, 4) is 28.5 Å². The number of hydrogen-bond acceptors (Lipinski definition) is 7. The third-order valence-corrected chi connectivity index (χ3v) is 6.68. The van der Waals surface area contributed by atoms with Crippen LogP contribution < -0.4 is 26.0 Å². The van der Waals surface area contributed by atoms with Crippen molar-refractivity contribution in [3.63, 3.8) is 0 Å². The molecule has 10 heteroatoms. The van der Waals surface area contributed by atoms with E-state index in [2.05, 4.69) is 10.4 Å². The Kier molecular flexibility index (Phi) is 5.06. The molecule has 0 saturated heterocycles. The number of benzene rings is 3. The number of rotatable bonds is 4. The van der Waals surface area contributed by atoms with E-state index in [1.54, 1.807) is 60.7 Å². The van der Waals surface area contributed by atoms with Gasteiger partial charge in [-0.1, -0.05) is 36.4 Å². The smallest absolute Gasteiger partial charge is 0.281 e. The third kappa shape index (κ3) is 3.07. The molecule has 0 saturated carbocycles. The number of pyridine rings is 2. The van der Waals surface area contributed by atoms with E-state index >= 15 is 0 Å². The second-order valence-corrected chi connectivity index (χ2v) is 8.63. The van der Waals surface area contributed by atoms with Crippen LogP contribution in [-0.2, 0) is 0 Å². The van der Waals surface area contributed by atoms with Crippen LogP contribution in [-0.4, -0.2) is 40.7 Å². The Hall–Kier alpha value is -5.38. The molecule has 1 aliphatic carbocycles. The lowest BCUT2D eigenvalue weighted by atomic mass is 10.0. The van der Waals surface area contributed by atoms with E-state index in [0.717, 1.165) is 4.68 Å². The number of aromatic amines is 1. The van der Waals surface area contributed by atoms with Crippen LogP contribution in [0.2, 0.25) is 0 Å². The summed E-state index contributed by atoms with van der Waals surface area (Å²) in [4.78, 5) is 56.3. The molecule has 10 nitrogen and oxygen atoms in total. The highest BCUT2D eigenvalue weighted by Crippen LogP contribution is 2.42. The fourth-order valence-electron chi connectivity index (χ4n) is 5.01. The largest absolute Gasteiger partial charge is 0.506 e. The molecule has 0 atom stereocenters. The van der Waals surface area contributed by atoms with E-state index in [0.29, 0.717) is 22.0 Å². The zero-order chi connectivity index (χ0) is 26.7. The molecule has 0 radical (unpaired) electrons. The fraction of sp³-hybridized carbons (Fsp3) is 0.0714. The summed E-state index contributed by atoms with van der Waals surface area (Å²) in [6, 6.07) is 16.3. The summed E-state index contributed by atoms with van der Waals surface area (Å²) in [5, 5.41) is 11.4. The average Bonchev–Trinajstić information content (AvgIpc) is 3.22. The lowest BCUT2D eigenvalue weighted by Gasteiger charge is -2.18. The predicted octanol–water partition coefficient (Wildman–Crippen LogP) is 3.16. The van der Waals surface area contributed by atoms with Gasteiger partial charge in [-0.3, -0.25) is 24.6 Å². The normalized spacial score (nSPS) is 11.9. The Morgan fingerprint density at radius 1 is 0.895 bits per heavy atom. The van der Waals surface area contributed by atoms with Gasteiger partial charge in [-0.25, -0.2) is 4.68 Å². The van der Waals surface area contributed by atoms with Crippen molar-refractivity contribution in [3.05, 3.63) is 98.1 Å². The summed E-state index contributed by atoms with van der Waals surface area (Å²) in [6.07, 6.45) is 0. The van der Waals surface area contributed by atoms with Crippen molar-refractivity contribution in [2.24, 2.45) is 0 Å². The zero-order valence-electron chi connectivity index (χ0n) is 20.1. The zero-order valence-corrected chi connectivity index (χ0v) is 20.1. The Morgan fingerprint density at radius 2 is 1.61 bits per heavy atom. The number of fused-ring (bicyclic) bond motifs is 6. The molecule has 188 valence electrons. The summed E-state index contributed by atoms with van der Waals surface area (Å²) in [5.74, 6) is -1.60. The molecule has 0 bridgehead atoms. The number of para-hydroxylation sites is 1. The van der Waals surface area contributed by atoms with Gasteiger partial charge in [-0.15, -0.1) is 0 Å². The van der Waals surface area contributed by atoms with Crippen molar-refractivity contribution in [1.29, 1.82) is 0 Å². The van der Waals surface area contributed by atoms with Crippen LogP contribution in [0.1, 0.15) is 26.3 Å². The number of H-pyrrole nitrogens is 1. The van der Waals surface area contributed by atoms with E-state index in [-0.39, 0.29) is 39.3 Å². The lowest BCUT2D eigenvalue weighted by molar-refractivity contribution is 0.1000. The first-order chi connectivity index (χ1) is 18.4. The van der Waals surface area contributed by atoms with E-state index in [1.165, 1.54) is 14.2 Å². The van der Waals surface area contributed by atoms with Crippen molar-refractivity contribution < 1.29 is 24.2 Å². The quantitative estimate of drug-likeness (QED) is 0.332. The molecule has 0 fully saturated rings. The molecule has 0 aliphatic heterocycles. The number of hydrogen-bond donors (Lipinski definition) is 3. The Morgan fingerprint density at radius 3 is 2.34 bits per heavy atom. The summed E-state index contributed by atoms with van der Waals surface area (Å²) in [7, 11) is 2.77. The molecular weight excluding hydrogens is 490 g/mol. The van der Waals surface area contributed by atoms with Gasteiger partial charge in [0.15, 0.2) is 17.3 Å². The van der Waals surface area contributed by atoms with E-state index in [1.807, 2.05) is 0 Å². The van der Waals surface area contributed by atoms with Crippen LogP contribution in [0, 0.1) is 0 Å². The molecule has 3 N–H and O–H groups in total. The number of amides is 1. The summed E-state index contributed by atoms with van der Waals surface area (Å²) >= 11 is 0. The van der Waals surface area contributed by atoms with Crippen molar-refractivity contribution in [1.82, 2.24) is 9.66 Å². The van der Waals surface area contributed by atoms with Gasteiger partial charge < -0.3 is 19.6 Å². The van der Waals surface area contributed by atoms with E-state index in [4.69, 9.17) is 9.47 Å². The number of aromatic hydroxyl groups is 1. The number of nitrogens with one attached hydrogen (secondary N) is 2. The topological polar surface area (TPSA) is 140 Å². The highest BCUT2D eigenvalue weighted by atomic mass is 16.5. The standard InChI is InChI=1S/C28H19N3O7/c1-37-18-12-11-16-19-22(13-7-3-4-8-14(13)23(19)32)31(28(36)20(16)25(18)38-2)30-27(35)21-24(33)15-9-5-6-10-17(15)29-26(21)34/h3-12H,1-2H3,(H,30,35)(H2,29,33,34). The van der Waals surface area contributed by atoms with Crippen LogP contribution >= 0.6 is 0 Å². The fourth-order valence-corrected chi connectivity index (χ4v) is 5.01. The van der Waals surface area contributed by atoms with Gasteiger partial charge in [0.25, 0.3) is 17.0 Å². The van der Waals surface area contributed by atoms with Crippen molar-refractivity contribution in [2.45, 2.75) is 0 Å². The van der Waals surface area contributed by atoms with Crippen LogP contribution in [0.3, 0.4) is 0 Å². The van der Waals surface area contributed by atoms with Crippen molar-refractivity contribution in [2.75, 3.05) is 19.6 Å². The maximum atomic E-state index is 14.0. The van der Waals surface area contributed by atoms with Gasteiger partial charge in [0, 0.05) is 21.9 Å². The monoisotopic (exact) mass is 509 g/mol. The van der Waals surface area contributed by atoms with Gasteiger partial charge in [0.05, 0.1) is 36.4 Å². The first-order valence-electron chi connectivity index (χ1n) is 11.5. The van der Waals surface area contributed by atoms with Gasteiger partial charge in [-0.2, -0.15) is 0 Å². The van der Waals surface area contributed by atoms with Gasteiger partial charge in [-0.05, 0) is 24.3 Å². The number of carbonyl (C=O) groups excluding carboxylic acids is 2. The van der Waals surface area contributed by atoms with Crippen LogP contribution in [0.15, 0.2) is 70.3 Å². The molecule has 1 aliphatic rings. The molecule has 2 aromatic heterocycles. The van der Waals surface area contributed by atoms with Gasteiger partial charge in [0.1, 0.15) is 11.3 Å². The Labute approximate surface area is 213 Å². The molecule has 38 heavy (non-hydrogen) atoms. The number of ketones is 1. The Bertz CT molecular complexity index is 1970. The molecule has 6 rings (SSSR count). The molecule has 2 heterocycles. The maximum Gasteiger partial charge on any atom is 0.281 e. The number of carbonyl (C=O) groups is 2. The van der Waals surface area contributed by atoms with Crippen LogP contribution in [0.25, 0.3) is 32.9 Å². The molecule has 0 spiro atoms. The summed E-state index contributed by atoms with van der Waals surface area (Å²) in [6.45, 7) is 0. The highest BCUT2D eigenvalue weighted by Gasteiger charge is 2.35. The third-order valence-electron chi connectivity index (χ3n) is 6.68. The Balaban J connectivity index is 1.66. The number of nitrogens with zero attached hydrogens (tertiary/aromatic N) is 1. The molecule has 5 aromatic rings. The number of ether oxygens (including phenoxy) is 2. The highest BCUT2D eigenvalue weighted by molar-refractivity contribution is 6.27. The average molecular weight is 509 g/mol. The molecule has 3 aromatic carbocycles.